The topological polar surface area (TPSA) is 66.9 Å². The highest BCUT2D eigenvalue weighted by Gasteiger charge is 2.29. The van der Waals surface area contributed by atoms with Crippen LogP contribution in [0.5, 0.6) is 5.75 Å². The lowest BCUT2D eigenvalue weighted by Crippen LogP contribution is -2.44. The lowest BCUT2D eigenvalue weighted by Gasteiger charge is -2.30. The van der Waals surface area contributed by atoms with Crippen LogP contribution >= 0.6 is 0 Å². The fraction of sp³-hybridized carbons (Fsp3) is 0.350. The number of benzene rings is 2. The summed E-state index contributed by atoms with van der Waals surface area (Å²) in [6.07, 6.45) is 3.01. The monoisotopic (exact) mass is 388 g/mol. The molecule has 0 saturated carbocycles. The summed E-state index contributed by atoms with van der Waals surface area (Å²) in [4.78, 5) is 14.7. The number of amides is 1. The van der Waals surface area contributed by atoms with Gasteiger partial charge in [0.1, 0.15) is 12.3 Å². The number of sulfonamides is 1. The van der Waals surface area contributed by atoms with Gasteiger partial charge in [-0.2, -0.15) is 0 Å². The average Bonchev–Trinajstić information content (AvgIpc) is 2.73. The van der Waals surface area contributed by atoms with Crippen LogP contribution in [0.3, 0.4) is 0 Å². The van der Waals surface area contributed by atoms with Crippen LogP contribution in [-0.2, 0) is 14.8 Å². The van der Waals surface area contributed by atoms with E-state index in [4.69, 9.17) is 4.74 Å². The van der Waals surface area contributed by atoms with E-state index in [9.17, 15) is 13.2 Å². The molecule has 0 radical (unpaired) electrons. The molecule has 0 spiro atoms. The molecule has 1 fully saturated rings. The van der Waals surface area contributed by atoms with Crippen LogP contribution in [0.2, 0.25) is 0 Å². The molecule has 1 aliphatic rings. The molecule has 27 heavy (non-hydrogen) atoms. The molecule has 6 nitrogen and oxygen atoms in total. The SMILES string of the molecule is COc1cccc(N(CC(=O)N2CCCCC2)S(=O)(=O)c2ccccc2)c1. The van der Waals surface area contributed by atoms with Gasteiger partial charge in [0.15, 0.2) is 0 Å². The van der Waals surface area contributed by atoms with Gasteiger partial charge in [-0.25, -0.2) is 8.42 Å². The molecular weight excluding hydrogens is 364 g/mol. The Balaban J connectivity index is 1.97. The molecule has 1 amide bonds. The predicted molar refractivity (Wildman–Crippen MR) is 104 cm³/mol. The van der Waals surface area contributed by atoms with Crippen LogP contribution in [0.1, 0.15) is 19.3 Å². The molecule has 0 unspecified atom stereocenters. The van der Waals surface area contributed by atoms with Crippen molar-refractivity contribution in [1.82, 2.24) is 4.90 Å². The number of piperidine rings is 1. The van der Waals surface area contributed by atoms with Crippen molar-refractivity contribution >= 4 is 21.6 Å². The molecule has 1 saturated heterocycles. The number of hydrogen-bond donors (Lipinski definition) is 0. The van der Waals surface area contributed by atoms with Gasteiger partial charge in [0.05, 0.1) is 17.7 Å². The second-order valence-corrected chi connectivity index (χ2v) is 8.33. The molecule has 144 valence electrons. The third-order valence-electron chi connectivity index (χ3n) is 4.66. The third kappa shape index (κ3) is 4.42. The Morgan fingerprint density at radius 2 is 1.74 bits per heavy atom. The Hall–Kier alpha value is -2.54. The molecule has 0 aliphatic carbocycles. The first-order valence-corrected chi connectivity index (χ1v) is 10.5. The van der Waals surface area contributed by atoms with Crippen molar-refractivity contribution < 1.29 is 17.9 Å². The van der Waals surface area contributed by atoms with Gasteiger partial charge >= 0.3 is 0 Å². The summed E-state index contributed by atoms with van der Waals surface area (Å²) in [7, 11) is -2.36. The van der Waals surface area contributed by atoms with E-state index in [2.05, 4.69) is 0 Å². The number of likely N-dealkylation sites (tertiary alicyclic amines) is 1. The molecule has 2 aromatic rings. The van der Waals surface area contributed by atoms with E-state index in [0.29, 0.717) is 24.5 Å². The van der Waals surface area contributed by atoms with Crippen LogP contribution in [0, 0.1) is 0 Å². The zero-order valence-corrected chi connectivity index (χ0v) is 16.2. The van der Waals surface area contributed by atoms with E-state index < -0.39 is 10.0 Å². The fourth-order valence-corrected chi connectivity index (χ4v) is 4.59. The van der Waals surface area contributed by atoms with Crippen molar-refractivity contribution in [1.29, 1.82) is 0 Å². The standard InChI is InChI=1S/C20H24N2O4S/c1-26-18-10-8-9-17(15-18)22(16-20(23)21-13-6-3-7-14-21)27(24,25)19-11-4-2-5-12-19/h2,4-5,8-12,15H,3,6-7,13-14,16H2,1H3. The minimum absolute atomic E-state index is 0.152. The van der Waals surface area contributed by atoms with Crippen LogP contribution in [-0.4, -0.2) is 46.0 Å². The third-order valence-corrected chi connectivity index (χ3v) is 6.45. The largest absolute Gasteiger partial charge is 0.497 e. The molecule has 0 aromatic heterocycles. The van der Waals surface area contributed by atoms with Crippen LogP contribution in [0.15, 0.2) is 59.5 Å². The second-order valence-electron chi connectivity index (χ2n) is 6.47. The Labute approximate surface area is 160 Å². The normalized spacial score (nSPS) is 14.6. The van der Waals surface area contributed by atoms with Gasteiger partial charge in [0.2, 0.25) is 5.91 Å². The summed E-state index contributed by atoms with van der Waals surface area (Å²) in [5.74, 6) is 0.350. The number of carbonyl (C=O) groups excluding carboxylic acids is 1. The minimum atomic E-state index is -3.88. The van der Waals surface area contributed by atoms with Crippen molar-refractivity contribution in [2.24, 2.45) is 0 Å². The highest BCUT2D eigenvalue weighted by molar-refractivity contribution is 7.92. The van der Waals surface area contributed by atoms with Gasteiger partial charge in [-0.1, -0.05) is 24.3 Å². The van der Waals surface area contributed by atoms with Crippen molar-refractivity contribution in [3.63, 3.8) is 0 Å². The Kier molecular flexibility index (Phi) is 6.01. The van der Waals surface area contributed by atoms with Crippen molar-refractivity contribution in [3.8, 4) is 5.75 Å². The Bertz CT molecular complexity index is 878. The van der Waals surface area contributed by atoms with Gasteiger partial charge in [-0.3, -0.25) is 9.10 Å². The van der Waals surface area contributed by atoms with Gasteiger partial charge in [-0.05, 0) is 43.5 Å². The second kappa shape index (κ2) is 8.43. The van der Waals surface area contributed by atoms with Crippen molar-refractivity contribution in [2.75, 3.05) is 31.0 Å². The maximum absolute atomic E-state index is 13.3. The first-order valence-electron chi connectivity index (χ1n) is 9.02. The minimum Gasteiger partial charge on any atom is -0.497 e. The number of ether oxygens (including phenoxy) is 1. The molecule has 3 rings (SSSR count). The van der Waals surface area contributed by atoms with Crippen molar-refractivity contribution in [2.45, 2.75) is 24.2 Å². The van der Waals surface area contributed by atoms with Gasteiger partial charge in [0, 0.05) is 19.2 Å². The number of methoxy groups -OCH3 is 1. The summed E-state index contributed by atoms with van der Waals surface area (Å²) in [6.45, 7) is 1.12. The van der Waals surface area contributed by atoms with Gasteiger partial charge in [-0.15, -0.1) is 0 Å². The summed E-state index contributed by atoms with van der Waals surface area (Å²) >= 11 is 0. The van der Waals surface area contributed by atoms with E-state index in [1.54, 1.807) is 47.4 Å². The lowest BCUT2D eigenvalue weighted by atomic mass is 10.1. The van der Waals surface area contributed by atoms with Crippen LogP contribution < -0.4 is 9.04 Å². The molecule has 1 heterocycles. The first-order chi connectivity index (χ1) is 13.0. The van der Waals surface area contributed by atoms with E-state index in [1.807, 2.05) is 0 Å². The molecule has 0 atom stereocenters. The fourth-order valence-electron chi connectivity index (χ4n) is 3.17. The number of hydrogen-bond acceptors (Lipinski definition) is 4. The van der Waals surface area contributed by atoms with E-state index in [-0.39, 0.29) is 17.3 Å². The molecule has 7 heteroatoms. The molecule has 1 aliphatic heterocycles. The summed E-state index contributed by atoms with van der Waals surface area (Å²) in [5, 5.41) is 0. The highest BCUT2D eigenvalue weighted by atomic mass is 32.2. The number of nitrogens with zero attached hydrogens (tertiary/aromatic N) is 2. The van der Waals surface area contributed by atoms with Crippen molar-refractivity contribution in [3.05, 3.63) is 54.6 Å². The van der Waals surface area contributed by atoms with Crippen LogP contribution in [0.25, 0.3) is 0 Å². The first kappa shape index (κ1) is 19.2. The smallest absolute Gasteiger partial charge is 0.264 e. The van der Waals surface area contributed by atoms with Crippen LogP contribution in [0.4, 0.5) is 5.69 Å². The number of rotatable bonds is 6. The van der Waals surface area contributed by atoms with E-state index in [0.717, 1.165) is 19.3 Å². The van der Waals surface area contributed by atoms with Gasteiger partial charge < -0.3 is 9.64 Å². The maximum Gasteiger partial charge on any atom is 0.264 e. The summed E-state index contributed by atoms with van der Waals surface area (Å²) in [5.41, 5.74) is 0.406. The lowest BCUT2D eigenvalue weighted by molar-refractivity contribution is -0.130. The Morgan fingerprint density at radius 3 is 2.41 bits per heavy atom. The zero-order valence-electron chi connectivity index (χ0n) is 15.4. The highest BCUT2D eigenvalue weighted by Crippen LogP contribution is 2.27. The molecule has 0 N–H and O–H groups in total. The molecule has 2 aromatic carbocycles. The molecular formula is C20H24N2O4S. The van der Waals surface area contributed by atoms with E-state index in [1.165, 1.54) is 23.5 Å². The number of carbonyl (C=O) groups is 1. The molecule has 0 bridgehead atoms. The predicted octanol–water partition coefficient (Wildman–Crippen LogP) is 2.90. The summed E-state index contributed by atoms with van der Waals surface area (Å²) in [6, 6.07) is 14.9. The van der Waals surface area contributed by atoms with Gasteiger partial charge in [0.25, 0.3) is 10.0 Å². The van der Waals surface area contributed by atoms with E-state index >= 15 is 0 Å². The quantitative estimate of drug-likeness (QED) is 0.763. The maximum atomic E-state index is 13.3. The zero-order chi connectivity index (χ0) is 19.3. The Morgan fingerprint density at radius 1 is 1.04 bits per heavy atom. The number of anilines is 1. The summed E-state index contributed by atoms with van der Waals surface area (Å²) < 4.78 is 32.9. The average molecular weight is 388 g/mol.